The van der Waals surface area contributed by atoms with Crippen LogP contribution in [-0.4, -0.2) is 40.8 Å². The number of ketones is 2. The van der Waals surface area contributed by atoms with Crippen molar-refractivity contribution in [2.75, 3.05) is 7.11 Å². The van der Waals surface area contributed by atoms with E-state index in [-0.39, 0.29) is 63.8 Å². The molecule has 1 fully saturated rings. The molecule has 0 heterocycles. The highest BCUT2D eigenvalue weighted by molar-refractivity contribution is 6.31. The molecule has 0 aliphatic heterocycles. The lowest BCUT2D eigenvalue weighted by atomic mass is 9.75. The predicted molar refractivity (Wildman–Crippen MR) is 120 cm³/mol. The van der Waals surface area contributed by atoms with Gasteiger partial charge in [-0.2, -0.15) is 0 Å². The van der Waals surface area contributed by atoms with Crippen molar-refractivity contribution in [3.63, 3.8) is 0 Å². The lowest BCUT2D eigenvalue weighted by molar-refractivity contribution is -0.126. The average Bonchev–Trinajstić information content (AvgIpc) is 2.84. The molecule has 1 atom stereocenters. The first kappa shape index (κ1) is 21.5. The Morgan fingerprint density at radius 2 is 1.64 bits per heavy atom. The number of nitrogens with one attached hydrogen (secondary N) is 1. The van der Waals surface area contributed by atoms with Crippen molar-refractivity contribution in [3.05, 3.63) is 51.6 Å². The molecule has 0 spiro atoms. The van der Waals surface area contributed by atoms with Gasteiger partial charge < -0.3 is 20.3 Å². The SMILES string of the molecule is COc1cccc2c1C(=O)c1c(O)c3c(c(O)c1C2=O)CC(C(=O)NC1CCCCC1)CC3. The van der Waals surface area contributed by atoms with Gasteiger partial charge in [0, 0.05) is 28.7 Å². The van der Waals surface area contributed by atoms with E-state index in [0.29, 0.717) is 24.0 Å². The summed E-state index contributed by atoms with van der Waals surface area (Å²) in [5.74, 6) is -1.84. The van der Waals surface area contributed by atoms with Gasteiger partial charge in [0.1, 0.15) is 17.2 Å². The fraction of sp³-hybridized carbons (Fsp3) is 0.423. The van der Waals surface area contributed by atoms with E-state index in [1.807, 2.05) is 0 Å². The van der Waals surface area contributed by atoms with E-state index in [1.54, 1.807) is 12.1 Å². The van der Waals surface area contributed by atoms with Crippen molar-refractivity contribution in [1.82, 2.24) is 5.32 Å². The van der Waals surface area contributed by atoms with E-state index < -0.39 is 11.6 Å². The molecule has 33 heavy (non-hydrogen) atoms. The van der Waals surface area contributed by atoms with Crippen molar-refractivity contribution in [1.29, 1.82) is 0 Å². The van der Waals surface area contributed by atoms with Crippen LogP contribution in [0.5, 0.6) is 17.2 Å². The third-order valence-corrected chi connectivity index (χ3v) is 7.35. The van der Waals surface area contributed by atoms with Crippen LogP contribution >= 0.6 is 0 Å². The topological polar surface area (TPSA) is 113 Å². The minimum atomic E-state index is -0.551. The molecule has 3 aliphatic carbocycles. The van der Waals surface area contributed by atoms with Crippen LogP contribution in [0.3, 0.4) is 0 Å². The van der Waals surface area contributed by atoms with Gasteiger partial charge in [-0.25, -0.2) is 0 Å². The van der Waals surface area contributed by atoms with E-state index in [4.69, 9.17) is 4.74 Å². The number of carbonyl (C=O) groups excluding carboxylic acids is 3. The molecule has 0 aromatic heterocycles. The van der Waals surface area contributed by atoms with E-state index in [2.05, 4.69) is 5.32 Å². The van der Waals surface area contributed by atoms with E-state index in [9.17, 15) is 24.6 Å². The maximum Gasteiger partial charge on any atom is 0.223 e. The first-order chi connectivity index (χ1) is 15.9. The summed E-state index contributed by atoms with van der Waals surface area (Å²) in [6.07, 6.45) is 6.44. The van der Waals surface area contributed by atoms with Gasteiger partial charge in [-0.1, -0.05) is 31.4 Å². The predicted octanol–water partition coefficient (Wildman–Crippen LogP) is 3.44. The average molecular weight is 450 g/mol. The molecule has 2 aromatic rings. The monoisotopic (exact) mass is 449 g/mol. The zero-order valence-corrected chi connectivity index (χ0v) is 18.6. The summed E-state index contributed by atoms with van der Waals surface area (Å²) < 4.78 is 5.27. The minimum absolute atomic E-state index is 0.0540. The highest BCUT2D eigenvalue weighted by Crippen LogP contribution is 2.47. The Morgan fingerprint density at radius 1 is 0.939 bits per heavy atom. The second-order valence-electron chi connectivity index (χ2n) is 9.23. The number of phenolic OH excluding ortho intramolecular Hbond substituents is 2. The highest BCUT2D eigenvalue weighted by atomic mass is 16.5. The lowest BCUT2D eigenvalue weighted by Crippen LogP contribution is -2.41. The molecule has 7 nitrogen and oxygen atoms in total. The number of amides is 1. The molecular formula is C26H27NO6. The van der Waals surface area contributed by atoms with Gasteiger partial charge in [0.05, 0.1) is 23.8 Å². The zero-order valence-electron chi connectivity index (χ0n) is 18.6. The van der Waals surface area contributed by atoms with Gasteiger partial charge in [0.25, 0.3) is 0 Å². The van der Waals surface area contributed by atoms with Crippen LogP contribution in [0, 0.1) is 5.92 Å². The van der Waals surface area contributed by atoms with Crippen LogP contribution in [-0.2, 0) is 17.6 Å². The number of carbonyl (C=O) groups is 3. The zero-order chi connectivity index (χ0) is 23.3. The fourth-order valence-electron chi connectivity index (χ4n) is 5.60. The van der Waals surface area contributed by atoms with Crippen molar-refractivity contribution in [2.45, 2.75) is 57.4 Å². The molecule has 7 heteroatoms. The maximum absolute atomic E-state index is 13.3. The summed E-state index contributed by atoms with van der Waals surface area (Å²) in [6, 6.07) is 4.88. The lowest BCUT2D eigenvalue weighted by Gasteiger charge is -2.31. The molecule has 5 rings (SSSR count). The Morgan fingerprint density at radius 3 is 2.36 bits per heavy atom. The molecule has 172 valence electrons. The summed E-state index contributed by atoms with van der Waals surface area (Å²) in [5, 5.41) is 25.3. The van der Waals surface area contributed by atoms with Gasteiger partial charge in [-0.3, -0.25) is 14.4 Å². The number of rotatable bonds is 3. The number of ether oxygens (including phenoxy) is 1. The number of phenols is 2. The van der Waals surface area contributed by atoms with Crippen LogP contribution in [0.25, 0.3) is 0 Å². The number of methoxy groups -OCH3 is 1. The molecule has 1 unspecified atom stereocenters. The van der Waals surface area contributed by atoms with Gasteiger partial charge in [-0.05, 0) is 38.2 Å². The third kappa shape index (κ3) is 3.37. The largest absolute Gasteiger partial charge is 0.507 e. The molecule has 1 saturated carbocycles. The van der Waals surface area contributed by atoms with Crippen LogP contribution in [0.4, 0.5) is 0 Å². The Balaban J connectivity index is 1.52. The van der Waals surface area contributed by atoms with Crippen molar-refractivity contribution in [2.24, 2.45) is 5.92 Å². The van der Waals surface area contributed by atoms with Crippen molar-refractivity contribution < 1.29 is 29.3 Å². The Labute approximate surface area is 191 Å². The second kappa shape index (κ2) is 8.21. The van der Waals surface area contributed by atoms with Crippen LogP contribution in [0.15, 0.2) is 18.2 Å². The summed E-state index contributed by atoms with van der Waals surface area (Å²) in [7, 11) is 1.41. The highest BCUT2D eigenvalue weighted by Gasteiger charge is 2.41. The first-order valence-electron chi connectivity index (χ1n) is 11.6. The molecule has 1 amide bonds. The third-order valence-electron chi connectivity index (χ3n) is 7.35. The smallest absolute Gasteiger partial charge is 0.223 e. The fourth-order valence-corrected chi connectivity index (χ4v) is 5.60. The van der Waals surface area contributed by atoms with Crippen LogP contribution in [0.2, 0.25) is 0 Å². The van der Waals surface area contributed by atoms with Crippen molar-refractivity contribution in [3.8, 4) is 17.2 Å². The molecular weight excluding hydrogens is 422 g/mol. The molecule has 0 radical (unpaired) electrons. The maximum atomic E-state index is 13.3. The summed E-state index contributed by atoms with van der Waals surface area (Å²) in [6.45, 7) is 0. The minimum Gasteiger partial charge on any atom is -0.507 e. The Hall–Kier alpha value is -3.35. The van der Waals surface area contributed by atoms with E-state index >= 15 is 0 Å². The Kier molecular flexibility index (Phi) is 5.35. The van der Waals surface area contributed by atoms with Gasteiger partial charge in [0.15, 0.2) is 5.78 Å². The number of hydrogen-bond acceptors (Lipinski definition) is 6. The van der Waals surface area contributed by atoms with Crippen LogP contribution < -0.4 is 10.1 Å². The van der Waals surface area contributed by atoms with Gasteiger partial charge in [-0.15, -0.1) is 0 Å². The summed E-state index contributed by atoms with van der Waals surface area (Å²) >= 11 is 0. The second-order valence-corrected chi connectivity index (χ2v) is 9.23. The summed E-state index contributed by atoms with van der Waals surface area (Å²) in [4.78, 5) is 39.5. The van der Waals surface area contributed by atoms with Crippen molar-refractivity contribution >= 4 is 17.5 Å². The number of fused-ring (bicyclic) bond motifs is 3. The molecule has 0 bridgehead atoms. The Bertz CT molecular complexity index is 1180. The number of benzene rings is 2. The number of aromatic hydroxyl groups is 2. The number of hydrogen-bond donors (Lipinski definition) is 3. The molecule has 0 saturated heterocycles. The van der Waals surface area contributed by atoms with E-state index in [0.717, 1.165) is 25.7 Å². The van der Waals surface area contributed by atoms with Crippen LogP contribution in [0.1, 0.15) is 81.5 Å². The molecule has 3 aliphatic rings. The summed E-state index contributed by atoms with van der Waals surface area (Å²) in [5.41, 5.74) is 0.668. The molecule has 2 aromatic carbocycles. The quantitative estimate of drug-likeness (QED) is 0.528. The van der Waals surface area contributed by atoms with Gasteiger partial charge >= 0.3 is 0 Å². The molecule has 3 N–H and O–H groups in total. The standard InChI is InChI=1S/C26H27NO6/c1-33-18-9-5-8-16-19(18)25(31)21-20(23(16)29)24(30)17-12-13(10-11-15(17)22(21)28)26(32)27-14-6-3-2-4-7-14/h5,8-9,13-14,28,30H,2-4,6-7,10-12H2,1H3,(H,27,32). The first-order valence-corrected chi connectivity index (χ1v) is 11.6. The normalized spacial score (nSPS) is 20.0. The van der Waals surface area contributed by atoms with E-state index in [1.165, 1.54) is 19.6 Å². The van der Waals surface area contributed by atoms with Gasteiger partial charge in [0.2, 0.25) is 11.7 Å².